The molecule has 0 saturated carbocycles. The number of halogens is 1. The number of hydrogen-bond acceptors (Lipinski definition) is 4. The number of benzene rings is 2. The number of carbonyl (C=O) groups is 1. The lowest BCUT2D eigenvalue weighted by Gasteiger charge is -2.20. The quantitative estimate of drug-likeness (QED) is 0.737. The molecular weight excluding hydrogens is 330 g/mol. The SMILES string of the molecule is CN1C(=O)c2oc3ccc(Cl)cc3c(=O)c2C1c1ccc(O)cc1. The molecule has 24 heavy (non-hydrogen) atoms. The fourth-order valence-corrected chi connectivity index (χ4v) is 3.28. The highest BCUT2D eigenvalue weighted by atomic mass is 35.5. The Kier molecular flexibility index (Phi) is 3.15. The zero-order valence-electron chi connectivity index (χ0n) is 12.6. The molecule has 1 N–H and O–H groups in total. The molecule has 2 aromatic carbocycles. The number of fused-ring (bicyclic) bond motifs is 2. The van der Waals surface area contributed by atoms with Gasteiger partial charge in [0, 0.05) is 12.1 Å². The van der Waals surface area contributed by atoms with Crippen LogP contribution in [-0.2, 0) is 0 Å². The summed E-state index contributed by atoms with van der Waals surface area (Å²) in [6.45, 7) is 0. The molecule has 0 radical (unpaired) electrons. The Morgan fingerprint density at radius 3 is 2.54 bits per heavy atom. The molecule has 5 nitrogen and oxygen atoms in total. The molecule has 0 aliphatic carbocycles. The molecular formula is C18H12ClNO4. The van der Waals surface area contributed by atoms with Crippen molar-refractivity contribution >= 4 is 28.5 Å². The van der Waals surface area contributed by atoms with Crippen molar-refractivity contribution in [2.75, 3.05) is 7.05 Å². The lowest BCUT2D eigenvalue weighted by molar-refractivity contribution is 0.0771. The van der Waals surface area contributed by atoms with Crippen LogP contribution in [0.5, 0.6) is 5.75 Å². The van der Waals surface area contributed by atoms with E-state index in [0.29, 0.717) is 21.6 Å². The van der Waals surface area contributed by atoms with Crippen molar-refractivity contribution in [3.63, 3.8) is 0 Å². The maximum atomic E-state index is 13.0. The van der Waals surface area contributed by atoms with Crippen molar-refractivity contribution in [2.24, 2.45) is 0 Å². The van der Waals surface area contributed by atoms with E-state index in [9.17, 15) is 14.7 Å². The number of phenolic OH excluding ortho intramolecular Hbond substituents is 1. The average molecular weight is 342 g/mol. The summed E-state index contributed by atoms with van der Waals surface area (Å²) in [7, 11) is 1.62. The Balaban J connectivity index is 2.03. The number of nitrogens with zero attached hydrogens (tertiary/aromatic N) is 1. The van der Waals surface area contributed by atoms with Gasteiger partial charge in [0.25, 0.3) is 5.91 Å². The second-order valence-corrected chi connectivity index (χ2v) is 6.16. The first-order valence-corrected chi connectivity index (χ1v) is 7.67. The van der Waals surface area contributed by atoms with E-state index < -0.39 is 6.04 Å². The second-order valence-electron chi connectivity index (χ2n) is 5.72. The molecule has 1 aromatic heterocycles. The van der Waals surface area contributed by atoms with Crippen LogP contribution in [-0.4, -0.2) is 23.0 Å². The van der Waals surface area contributed by atoms with Crippen LogP contribution in [0.4, 0.5) is 0 Å². The van der Waals surface area contributed by atoms with E-state index in [4.69, 9.17) is 16.0 Å². The average Bonchev–Trinajstić information content (AvgIpc) is 2.82. The fraction of sp³-hybridized carbons (Fsp3) is 0.111. The van der Waals surface area contributed by atoms with Crippen molar-refractivity contribution in [2.45, 2.75) is 6.04 Å². The zero-order chi connectivity index (χ0) is 17.0. The lowest BCUT2D eigenvalue weighted by atomic mass is 9.99. The summed E-state index contributed by atoms with van der Waals surface area (Å²) in [6.07, 6.45) is 0. The predicted octanol–water partition coefficient (Wildman–Crippen LogP) is 3.33. The fourth-order valence-electron chi connectivity index (χ4n) is 3.11. The topological polar surface area (TPSA) is 70.8 Å². The van der Waals surface area contributed by atoms with E-state index in [2.05, 4.69) is 0 Å². The summed E-state index contributed by atoms with van der Waals surface area (Å²) >= 11 is 5.98. The van der Waals surface area contributed by atoms with Crippen LogP contribution in [0.3, 0.4) is 0 Å². The first-order valence-electron chi connectivity index (χ1n) is 7.29. The molecule has 0 bridgehead atoms. The van der Waals surface area contributed by atoms with Crippen molar-refractivity contribution in [1.29, 1.82) is 0 Å². The summed E-state index contributed by atoms with van der Waals surface area (Å²) in [5.41, 5.74) is 1.07. The van der Waals surface area contributed by atoms with E-state index in [-0.39, 0.29) is 22.8 Å². The first kappa shape index (κ1) is 14.8. The van der Waals surface area contributed by atoms with Gasteiger partial charge in [-0.25, -0.2) is 0 Å². The van der Waals surface area contributed by atoms with Gasteiger partial charge in [-0.2, -0.15) is 0 Å². The molecule has 0 spiro atoms. The van der Waals surface area contributed by atoms with Crippen molar-refractivity contribution in [1.82, 2.24) is 4.90 Å². The minimum Gasteiger partial charge on any atom is -0.508 e. The molecule has 2 heterocycles. The summed E-state index contributed by atoms with van der Waals surface area (Å²) in [5, 5.41) is 10.2. The highest BCUT2D eigenvalue weighted by molar-refractivity contribution is 6.31. The minimum atomic E-state index is -0.562. The van der Waals surface area contributed by atoms with Crippen LogP contribution in [0.25, 0.3) is 11.0 Å². The summed E-state index contributed by atoms with van der Waals surface area (Å²) in [4.78, 5) is 27.0. The Hall–Kier alpha value is -2.79. The van der Waals surface area contributed by atoms with E-state index in [1.54, 1.807) is 37.4 Å². The standard InChI is InChI=1S/C18H12ClNO4/c1-20-15(9-2-5-11(21)6-3-9)14-16(22)12-8-10(19)4-7-13(12)24-17(14)18(20)23/h2-8,15,21H,1H3. The highest BCUT2D eigenvalue weighted by Crippen LogP contribution is 2.37. The van der Waals surface area contributed by atoms with Gasteiger partial charge in [-0.1, -0.05) is 23.7 Å². The minimum absolute atomic E-state index is 0.0513. The van der Waals surface area contributed by atoms with Crippen molar-refractivity contribution < 1.29 is 14.3 Å². The third-order valence-corrected chi connectivity index (χ3v) is 4.51. The van der Waals surface area contributed by atoms with Crippen LogP contribution in [0, 0.1) is 0 Å². The van der Waals surface area contributed by atoms with Gasteiger partial charge in [-0.3, -0.25) is 9.59 Å². The number of carbonyl (C=O) groups excluding carboxylic acids is 1. The second kappa shape index (κ2) is 5.11. The van der Waals surface area contributed by atoms with Gasteiger partial charge in [-0.05, 0) is 35.9 Å². The van der Waals surface area contributed by atoms with Crippen molar-refractivity contribution in [3.05, 3.63) is 74.6 Å². The van der Waals surface area contributed by atoms with Crippen LogP contribution >= 0.6 is 11.6 Å². The van der Waals surface area contributed by atoms with Gasteiger partial charge in [0.15, 0.2) is 5.43 Å². The normalized spacial score (nSPS) is 16.7. The van der Waals surface area contributed by atoms with E-state index >= 15 is 0 Å². The van der Waals surface area contributed by atoms with Gasteiger partial charge >= 0.3 is 0 Å². The number of amides is 1. The van der Waals surface area contributed by atoms with Crippen LogP contribution in [0.1, 0.15) is 27.7 Å². The first-order chi connectivity index (χ1) is 11.5. The Morgan fingerprint density at radius 1 is 1.12 bits per heavy atom. The number of rotatable bonds is 1. The van der Waals surface area contributed by atoms with Crippen LogP contribution < -0.4 is 5.43 Å². The number of aromatic hydroxyl groups is 1. The summed E-state index contributed by atoms with van der Waals surface area (Å²) in [5.74, 6) is -0.185. The van der Waals surface area contributed by atoms with Gasteiger partial charge in [0.05, 0.1) is 17.0 Å². The van der Waals surface area contributed by atoms with Gasteiger partial charge < -0.3 is 14.4 Å². The van der Waals surface area contributed by atoms with Crippen LogP contribution in [0.15, 0.2) is 51.7 Å². The summed E-state index contributed by atoms with van der Waals surface area (Å²) in [6, 6.07) is 10.6. The third kappa shape index (κ3) is 2.02. The molecule has 0 fully saturated rings. The van der Waals surface area contributed by atoms with Crippen molar-refractivity contribution in [3.8, 4) is 5.75 Å². The molecule has 1 aliphatic heterocycles. The van der Waals surface area contributed by atoms with Crippen LogP contribution in [0.2, 0.25) is 5.02 Å². The largest absolute Gasteiger partial charge is 0.508 e. The Morgan fingerprint density at radius 2 is 1.83 bits per heavy atom. The molecule has 1 atom stereocenters. The van der Waals surface area contributed by atoms with Gasteiger partial charge in [-0.15, -0.1) is 0 Å². The Bertz CT molecular complexity index is 1040. The molecule has 0 saturated heterocycles. The smallest absolute Gasteiger partial charge is 0.290 e. The highest BCUT2D eigenvalue weighted by Gasteiger charge is 2.40. The van der Waals surface area contributed by atoms with E-state index in [0.717, 1.165) is 5.56 Å². The molecule has 1 amide bonds. The van der Waals surface area contributed by atoms with E-state index in [1.165, 1.54) is 17.0 Å². The molecule has 1 unspecified atom stereocenters. The maximum Gasteiger partial charge on any atom is 0.290 e. The van der Waals surface area contributed by atoms with Gasteiger partial charge in [0.2, 0.25) is 5.76 Å². The molecule has 3 aromatic rings. The number of hydrogen-bond donors (Lipinski definition) is 1. The predicted molar refractivity (Wildman–Crippen MR) is 89.5 cm³/mol. The van der Waals surface area contributed by atoms with Gasteiger partial charge in [0.1, 0.15) is 11.3 Å². The molecule has 120 valence electrons. The summed E-state index contributed by atoms with van der Waals surface area (Å²) < 4.78 is 5.70. The third-order valence-electron chi connectivity index (χ3n) is 4.27. The molecule has 6 heteroatoms. The zero-order valence-corrected chi connectivity index (χ0v) is 13.4. The lowest BCUT2D eigenvalue weighted by Crippen LogP contribution is -2.25. The Labute approximate surface area is 141 Å². The molecule has 1 aliphatic rings. The number of phenols is 1. The molecule has 4 rings (SSSR count). The van der Waals surface area contributed by atoms with E-state index in [1.807, 2.05) is 0 Å². The monoisotopic (exact) mass is 341 g/mol. The maximum absolute atomic E-state index is 13.0.